The average Bonchev–Trinajstić information content (AvgIpc) is 3.07. The Morgan fingerprint density at radius 3 is 2.45 bits per heavy atom. The maximum atomic E-state index is 12.6. The number of hydrogen-bond donors (Lipinski definition) is 1. The number of anilines is 2. The Kier molecular flexibility index (Phi) is 7.76. The number of benzene rings is 1. The fourth-order valence-corrected chi connectivity index (χ4v) is 2.72. The second kappa shape index (κ2) is 10.3. The van der Waals surface area contributed by atoms with E-state index in [2.05, 4.69) is 10.4 Å². The second-order valence-corrected chi connectivity index (χ2v) is 6.08. The molecule has 0 saturated carbocycles. The number of nitrogens with zero attached hydrogens (tertiary/aromatic N) is 3. The van der Waals surface area contributed by atoms with Gasteiger partial charge in [0.1, 0.15) is 11.4 Å². The summed E-state index contributed by atoms with van der Waals surface area (Å²) in [6.07, 6.45) is 1.36. The van der Waals surface area contributed by atoms with Crippen LogP contribution >= 0.6 is 0 Å². The lowest BCUT2D eigenvalue weighted by molar-refractivity contribution is -0.115. The highest BCUT2D eigenvalue weighted by Crippen LogP contribution is 2.19. The molecule has 2 rings (SSSR count). The van der Waals surface area contributed by atoms with E-state index in [1.54, 1.807) is 44.0 Å². The van der Waals surface area contributed by atoms with Crippen LogP contribution in [0.2, 0.25) is 0 Å². The van der Waals surface area contributed by atoms with Gasteiger partial charge in [0, 0.05) is 19.3 Å². The standard InChI is InChI=1S/C20H26N4O5/c1-5-24(15-10-8-9-14(11-15)19(26)28-6-2)13-17(25)22-18-16(12-21-23(18)4)20(27)29-7-3/h8-12H,5-7,13H2,1-4H3,(H,22,25). The van der Waals surface area contributed by atoms with Crippen LogP contribution in [0.4, 0.5) is 11.5 Å². The highest BCUT2D eigenvalue weighted by atomic mass is 16.5. The van der Waals surface area contributed by atoms with E-state index in [-0.39, 0.29) is 37.0 Å². The number of nitrogens with one attached hydrogen (secondary N) is 1. The SMILES string of the molecule is CCOC(=O)c1cccc(N(CC)CC(=O)Nc2c(C(=O)OCC)cnn2C)c1. The van der Waals surface area contributed by atoms with Crippen LogP contribution in [0.1, 0.15) is 41.5 Å². The van der Waals surface area contributed by atoms with E-state index in [1.807, 2.05) is 13.0 Å². The Morgan fingerprint density at radius 1 is 1.10 bits per heavy atom. The van der Waals surface area contributed by atoms with Crippen molar-refractivity contribution in [1.82, 2.24) is 9.78 Å². The number of hydrogen-bond acceptors (Lipinski definition) is 7. The number of aryl methyl sites for hydroxylation is 1. The van der Waals surface area contributed by atoms with Gasteiger partial charge >= 0.3 is 11.9 Å². The van der Waals surface area contributed by atoms with Crippen molar-refractivity contribution in [3.8, 4) is 0 Å². The molecular weight excluding hydrogens is 376 g/mol. The van der Waals surface area contributed by atoms with E-state index in [0.717, 1.165) is 0 Å². The van der Waals surface area contributed by atoms with Gasteiger partial charge < -0.3 is 19.7 Å². The molecule has 156 valence electrons. The van der Waals surface area contributed by atoms with Gasteiger partial charge in [-0.15, -0.1) is 0 Å². The Labute approximate surface area is 169 Å². The molecule has 1 amide bonds. The summed E-state index contributed by atoms with van der Waals surface area (Å²) in [6.45, 7) is 6.42. The Bertz CT molecular complexity index is 878. The van der Waals surface area contributed by atoms with E-state index in [0.29, 0.717) is 17.8 Å². The van der Waals surface area contributed by atoms with Crippen molar-refractivity contribution >= 4 is 29.4 Å². The monoisotopic (exact) mass is 402 g/mol. The molecule has 0 aliphatic heterocycles. The van der Waals surface area contributed by atoms with Crippen molar-refractivity contribution < 1.29 is 23.9 Å². The third kappa shape index (κ3) is 5.56. The molecular formula is C20H26N4O5. The minimum atomic E-state index is -0.551. The summed E-state index contributed by atoms with van der Waals surface area (Å²) in [7, 11) is 1.62. The summed E-state index contributed by atoms with van der Waals surface area (Å²) in [6, 6.07) is 6.90. The van der Waals surface area contributed by atoms with Gasteiger partial charge in [-0.05, 0) is 39.0 Å². The van der Waals surface area contributed by atoms with Gasteiger partial charge in [0.05, 0.1) is 31.5 Å². The lowest BCUT2D eigenvalue weighted by Gasteiger charge is -2.23. The molecule has 0 spiro atoms. The number of esters is 2. The van der Waals surface area contributed by atoms with Gasteiger partial charge in [-0.3, -0.25) is 9.48 Å². The molecule has 1 aromatic carbocycles. The molecule has 1 N–H and O–H groups in total. The third-order valence-electron chi connectivity index (χ3n) is 4.13. The molecule has 2 aromatic rings. The van der Waals surface area contributed by atoms with E-state index in [4.69, 9.17) is 9.47 Å². The summed E-state index contributed by atoms with van der Waals surface area (Å²) in [5.74, 6) is -1.03. The van der Waals surface area contributed by atoms with Crippen LogP contribution in [-0.4, -0.2) is 53.9 Å². The Balaban J connectivity index is 2.14. The zero-order valence-corrected chi connectivity index (χ0v) is 17.1. The van der Waals surface area contributed by atoms with E-state index in [9.17, 15) is 14.4 Å². The van der Waals surface area contributed by atoms with Crippen LogP contribution in [0.25, 0.3) is 0 Å². The first-order chi connectivity index (χ1) is 13.9. The van der Waals surface area contributed by atoms with Crippen LogP contribution in [0, 0.1) is 0 Å². The second-order valence-electron chi connectivity index (χ2n) is 6.08. The van der Waals surface area contributed by atoms with Crippen LogP contribution < -0.4 is 10.2 Å². The van der Waals surface area contributed by atoms with Crippen molar-refractivity contribution in [2.75, 3.05) is 36.5 Å². The summed E-state index contributed by atoms with van der Waals surface area (Å²) < 4.78 is 11.4. The predicted octanol–water partition coefficient (Wildman–Crippen LogP) is 2.24. The van der Waals surface area contributed by atoms with Gasteiger partial charge in [0.2, 0.25) is 5.91 Å². The summed E-state index contributed by atoms with van der Waals surface area (Å²) >= 11 is 0. The van der Waals surface area contributed by atoms with Gasteiger partial charge in [-0.25, -0.2) is 9.59 Å². The summed E-state index contributed by atoms with van der Waals surface area (Å²) in [5.41, 5.74) is 1.32. The normalized spacial score (nSPS) is 10.3. The van der Waals surface area contributed by atoms with Crippen molar-refractivity contribution in [3.63, 3.8) is 0 Å². The number of carbonyl (C=O) groups excluding carboxylic acids is 3. The number of amides is 1. The lowest BCUT2D eigenvalue weighted by Crippen LogP contribution is -2.34. The zero-order chi connectivity index (χ0) is 21.4. The van der Waals surface area contributed by atoms with E-state index < -0.39 is 11.9 Å². The molecule has 0 saturated heterocycles. The first kappa shape index (κ1) is 21.9. The molecule has 0 aliphatic rings. The molecule has 9 heteroatoms. The number of likely N-dealkylation sites (N-methyl/N-ethyl adjacent to an activating group) is 1. The van der Waals surface area contributed by atoms with Crippen LogP contribution in [0.5, 0.6) is 0 Å². The third-order valence-corrected chi connectivity index (χ3v) is 4.13. The van der Waals surface area contributed by atoms with Crippen LogP contribution in [0.3, 0.4) is 0 Å². The van der Waals surface area contributed by atoms with Gasteiger partial charge in [0.25, 0.3) is 0 Å². The zero-order valence-electron chi connectivity index (χ0n) is 17.1. The van der Waals surface area contributed by atoms with E-state index in [1.165, 1.54) is 10.9 Å². The summed E-state index contributed by atoms with van der Waals surface area (Å²) in [5, 5.41) is 6.73. The predicted molar refractivity (Wildman–Crippen MR) is 108 cm³/mol. The van der Waals surface area contributed by atoms with Crippen molar-refractivity contribution in [1.29, 1.82) is 0 Å². The number of rotatable bonds is 9. The first-order valence-electron chi connectivity index (χ1n) is 9.42. The maximum Gasteiger partial charge on any atom is 0.343 e. The Hall–Kier alpha value is -3.36. The van der Waals surface area contributed by atoms with Crippen molar-refractivity contribution in [3.05, 3.63) is 41.6 Å². The van der Waals surface area contributed by atoms with Crippen molar-refractivity contribution in [2.45, 2.75) is 20.8 Å². The molecule has 9 nitrogen and oxygen atoms in total. The van der Waals surface area contributed by atoms with Gasteiger partial charge in [-0.1, -0.05) is 6.07 Å². The largest absolute Gasteiger partial charge is 0.462 e. The van der Waals surface area contributed by atoms with Gasteiger partial charge in [-0.2, -0.15) is 5.10 Å². The highest BCUT2D eigenvalue weighted by molar-refractivity contribution is 6.01. The fourth-order valence-electron chi connectivity index (χ4n) is 2.72. The molecule has 0 atom stereocenters. The molecule has 29 heavy (non-hydrogen) atoms. The minimum absolute atomic E-state index is 0.0240. The van der Waals surface area contributed by atoms with Gasteiger partial charge in [0.15, 0.2) is 0 Å². The minimum Gasteiger partial charge on any atom is -0.462 e. The molecule has 0 bridgehead atoms. The molecule has 0 fully saturated rings. The fraction of sp³-hybridized carbons (Fsp3) is 0.400. The smallest absolute Gasteiger partial charge is 0.343 e. The van der Waals surface area contributed by atoms with Crippen LogP contribution in [0.15, 0.2) is 30.5 Å². The lowest BCUT2D eigenvalue weighted by atomic mass is 10.2. The Morgan fingerprint density at radius 2 is 1.79 bits per heavy atom. The molecule has 1 heterocycles. The number of ether oxygens (including phenoxy) is 2. The topological polar surface area (TPSA) is 103 Å². The number of carbonyl (C=O) groups is 3. The molecule has 0 aliphatic carbocycles. The van der Waals surface area contributed by atoms with E-state index >= 15 is 0 Å². The first-order valence-corrected chi connectivity index (χ1v) is 9.42. The quantitative estimate of drug-likeness (QED) is 0.642. The summed E-state index contributed by atoms with van der Waals surface area (Å²) in [4.78, 5) is 38.4. The molecule has 1 aromatic heterocycles. The maximum absolute atomic E-state index is 12.6. The van der Waals surface area contributed by atoms with Crippen molar-refractivity contribution in [2.24, 2.45) is 7.05 Å². The average molecular weight is 402 g/mol. The highest BCUT2D eigenvalue weighted by Gasteiger charge is 2.20. The molecule has 0 unspecified atom stereocenters. The number of aromatic nitrogens is 2. The van der Waals surface area contributed by atoms with Crippen LogP contribution in [-0.2, 0) is 21.3 Å². The molecule has 0 radical (unpaired) electrons.